The van der Waals surface area contributed by atoms with Crippen LogP contribution in [-0.4, -0.2) is 34.2 Å². The van der Waals surface area contributed by atoms with Gasteiger partial charge in [-0.1, -0.05) is 0 Å². The lowest BCUT2D eigenvalue weighted by atomic mass is 10.1. The fourth-order valence-electron chi connectivity index (χ4n) is 2.02. The summed E-state index contributed by atoms with van der Waals surface area (Å²) in [5.41, 5.74) is 1.33. The molecule has 0 aliphatic rings. The van der Waals surface area contributed by atoms with Crippen molar-refractivity contribution in [3.63, 3.8) is 0 Å². The molecular weight excluding hydrogens is 285 g/mol. The summed E-state index contributed by atoms with van der Waals surface area (Å²) in [6.07, 6.45) is 8.16. The molecule has 3 aromatic rings. The van der Waals surface area contributed by atoms with Gasteiger partial charge in [-0.2, -0.15) is 4.98 Å². The Bertz CT molecular complexity index is 844. The van der Waals surface area contributed by atoms with Gasteiger partial charge in [0.25, 0.3) is 0 Å². The number of halogens is 1. The first-order chi connectivity index (χ1) is 10.6. The van der Waals surface area contributed by atoms with Crippen LogP contribution in [0, 0.1) is 18.3 Å². The van der Waals surface area contributed by atoms with Gasteiger partial charge in [0.2, 0.25) is 5.78 Å². The van der Waals surface area contributed by atoms with E-state index in [0.717, 1.165) is 0 Å². The maximum atomic E-state index is 13.1. The molecular formula is C16H12FN3O2. The van der Waals surface area contributed by atoms with Gasteiger partial charge in [-0.15, -0.1) is 0 Å². The van der Waals surface area contributed by atoms with E-state index < -0.39 is 0 Å². The number of hydrogen-bond donors (Lipinski definition) is 0. The van der Waals surface area contributed by atoms with Crippen LogP contribution in [0.15, 0.2) is 41.0 Å². The van der Waals surface area contributed by atoms with Gasteiger partial charge in [0.1, 0.15) is 23.5 Å². The van der Waals surface area contributed by atoms with E-state index in [0.29, 0.717) is 17.0 Å². The van der Waals surface area contributed by atoms with E-state index in [9.17, 15) is 9.18 Å². The number of benzene rings is 1. The topological polar surface area (TPSA) is 50.8 Å². The molecule has 110 valence electrons. The largest absolute Gasteiger partial charge is 0.383 e. The van der Waals surface area contributed by atoms with E-state index >= 15 is 0 Å². The zero-order valence-corrected chi connectivity index (χ0v) is 12.0. The summed E-state index contributed by atoms with van der Waals surface area (Å²) in [5, 5.41) is 0. The highest BCUT2D eigenvalue weighted by molar-refractivity contribution is 6.07. The van der Waals surface area contributed by atoms with Gasteiger partial charge in [0, 0.05) is 31.9 Å². The van der Waals surface area contributed by atoms with Crippen LogP contribution in [0.2, 0.25) is 0 Å². The maximum absolute atomic E-state index is 13.1. The van der Waals surface area contributed by atoms with Crippen LogP contribution in [0.1, 0.15) is 10.5 Å². The molecule has 0 aliphatic heterocycles. The third-order valence-corrected chi connectivity index (χ3v) is 3.02. The van der Waals surface area contributed by atoms with Crippen molar-refractivity contribution in [1.29, 1.82) is 0 Å². The molecule has 6 heteroatoms. The van der Waals surface area contributed by atoms with Crippen molar-refractivity contribution in [2.45, 2.75) is 0 Å². The number of ketones is 1. The number of allylic oxidation sites excluding steroid dienone is 1. The minimum atomic E-state index is -0.355. The molecule has 0 fully saturated rings. The van der Waals surface area contributed by atoms with Crippen LogP contribution in [-0.2, 0) is 0 Å². The van der Waals surface area contributed by atoms with Crippen molar-refractivity contribution >= 4 is 11.6 Å². The summed E-state index contributed by atoms with van der Waals surface area (Å²) >= 11 is 0. The fourth-order valence-corrected chi connectivity index (χ4v) is 2.02. The van der Waals surface area contributed by atoms with Gasteiger partial charge in [-0.3, -0.25) is 4.79 Å². The SMILES string of the molecule is CN(C)/C=C/C(=O)c1c(-c2ccc(F)cc2)nc2oc#cn12. The lowest BCUT2D eigenvalue weighted by molar-refractivity contribution is 0.104. The lowest BCUT2D eigenvalue weighted by Gasteiger charge is -2.03. The van der Waals surface area contributed by atoms with E-state index in [1.807, 2.05) is 14.1 Å². The third kappa shape index (κ3) is 2.44. The van der Waals surface area contributed by atoms with Crippen LogP contribution in [0.4, 0.5) is 4.39 Å². The van der Waals surface area contributed by atoms with E-state index in [2.05, 4.69) is 17.4 Å². The van der Waals surface area contributed by atoms with E-state index in [1.165, 1.54) is 22.6 Å². The number of carbonyl (C=O) groups excluding carboxylic acids is 1. The fraction of sp³-hybridized carbons (Fsp3) is 0.125. The van der Waals surface area contributed by atoms with Crippen molar-refractivity contribution in [3.05, 3.63) is 60.5 Å². The van der Waals surface area contributed by atoms with Gasteiger partial charge in [0.15, 0.2) is 0 Å². The number of rotatable bonds is 4. The molecule has 2 aromatic heterocycles. The molecule has 0 bridgehead atoms. The second kappa shape index (κ2) is 5.37. The van der Waals surface area contributed by atoms with Crippen LogP contribution in [0.5, 0.6) is 0 Å². The number of nitrogens with zero attached hydrogens (tertiary/aromatic N) is 3. The third-order valence-electron chi connectivity index (χ3n) is 3.02. The zero-order chi connectivity index (χ0) is 15.7. The van der Waals surface area contributed by atoms with Crippen molar-refractivity contribution in [1.82, 2.24) is 14.3 Å². The molecule has 3 rings (SSSR count). The van der Waals surface area contributed by atoms with Gasteiger partial charge < -0.3 is 9.32 Å². The molecule has 0 atom stereocenters. The molecule has 0 saturated carbocycles. The predicted octanol–water partition coefficient (Wildman–Crippen LogP) is 2.59. The Morgan fingerprint density at radius 3 is 2.77 bits per heavy atom. The van der Waals surface area contributed by atoms with Gasteiger partial charge in [-0.25, -0.2) is 8.79 Å². The first kappa shape index (κ1) is 13.9. The standard InChI is InChI=1S/C16H12FN3O2/c1-19(2)8-7-13(21)15-14(11-3-5-12(17)6-4-11)18-16-20(15)9-10-22-16/h3-8H,1-2H3/b8-7+. The molecule has 0 aliphatic carbocycles. The molecule has 0 N–H and O–H groups in total. The van der Waals surface area contributed by atoms with Crippen molar-refractivity contribution in [3.8, 4) is 11.3 Å². The molecule has 0 spiro atoms. The zero-order valence-electron chi connectivity index (χ0n) is 12.0. The highest BCUT2D eigenvalue weighted by Gasteiger charge is 2.20. The number of fused-ring (bicyclic) bond motifs is 1. The normalized spacial score (nSPS) is 11.0. The average molecular weight is 297 g/mol. The van der Waals surface area contributed by atoms with Crippen LogP contribution in [0.3, 0.4) is 0 Å². The Labute approximate surface area is 126 Å². The second-order valence-corrected chi connectivity index (χ2v) is 4.89. The van der Waals surface area contributed by atoms with Crippen LogP contribution in [0.25, 0.3) is 17.1 Å². The van der Waals surface area contributed by atoms with Crippen molar-refractivity contribution in [2.75, 3.05) is 14.1 Å². The monoisotopic (exact) mass is 297 g/mol. The highest BCUT2D eigenvalue weighted by atomic mass is 19.1. The first-order valence-corrected chi connectivity index (χ1v) is 6.52. The Kier molecular flexibility index (Phi) is 3.39. The molecule has 22 heavy (non-hydrogen) atoms. The molecule has 0 radical (unpaired) electrons. The van der Waals surface area contributed by atoms with Crippen molar-refractivity contribution < 1.29 is 13.6 Å². The van der Waals surface area contributed by atoms with Gasteiger partial charge in [0.05, 0.1) is 6.20 Å². The summed E-state index contributed by atoms with van der Waals surface area (Å²) in [5.74, 6) is -0.403. The lowest BCUT2D eigenvalue weighted by Crippen LogP contribution is -2.05. The van der Waals surface area contributed by atoms with Gasteiger partial charge >= 0.3 is 5.84 Å². The molecule has 2 heterocycles. The number of hydrogen-bond acceptors (Lipinski definition) is 4. The van der Waals surface area contributed by atoms with E-state index in [-0.39, 0.29) is 17.4 Å². The Hall–Kier alpha value is -3.07. The van der Waals surface area contributed by atoms with Crippen molar-refractivity contribution in [2.24, 2.45) is 0 Å². The second-order valence-electron chi connectivity index (χ2n) is 4.89. The number of imidazole rings is 1. The molecule has 0 saturated heterocycles. The number of carbonyl (C=O) groups is 1. The molecule has 5 nitrogen and oxygen atoms in total. The van der Waals surface area contributed by atoms with E-state index in [4.69, 9.17) is 4.42 Å². The maximum Gasteiger partial charge on any atom is 0.324 e. The quantitative estimate of drug-likeness (QED) is 0.548. The summed E-state index contributed by atoms with van der Waals surface area (Å²) in [4.78, 5) is 18.5. The molecule has 0 unspecified atom stereocenters. The average Bonchev–Trinajstić information content (AvgIpc) is 3.06. The summed E-state index contributed by atoms with van der Waals surface area (Å²) in [6, 6.07) is 5.76. The number of aromatic nitrogens is 2. The molecule has 1 aromatic carbocycles. The minimum absolute atomic E-state index is 0.209. The van der Waals surface area contributed by atoms with Crippen LogP contribution >= 0.6 is 0 Å². The van der Waals surface area contributed by atoms with Crippen LogP contribution < -0.4 is 0 Å². The Balaban J connectivity index is 2.14. The minimum Gasteiger partial charge on any atom is -0.383 e. The predicted molar refractivity (Wildman–Crippen MR) is 77.7 cm³/mol. The Morgan fingerprint density at radius 2 is 2.09 bits per heavy atom. The summed E-state index contributed by atoms with van der Waals surface area (Å²) in [7, 11) is 3.63. The molecule has 0 amide bonds. The summed E-state index contributed by atoms with van der Waals surface area (Å²) < 4.78 is 19.6. The Morgan fingerprint density at radius 1 is 1.36 bits per heavy atom. The van der Waals surface area contributed by atoms with E-state index in [1.54, 1.807) is 23.2 Å². The summed E-state index contributed by atoms with van der Waals surface area (Å²) in [6.45, 7) is 0. The first-order valence-electron chi connectivity index (χ1n) is 6.52. The smallest absolute Gasteiger partial charge is 0.324 e. The van der Waals surface area contributed by atoms with Gasteiger partial charge in [-0.05, 0) is 24.3 Å². The highest BCUT2D eigenvalue weighted by Crippen LogP contribution is 2.25.